The van der Waals surface area contributed by atoms with E-state index in [9.17, 15) is 14.4 Å². The zero-order valence-corrected chi connectivity index (χ0v) is 18.1. The van der Waals surface area contributed by atoms with Crippen molar-refractivity contribution in [2.75, 3.05) is 13.2 Å². The van der Waals surface area contributed by atoms with Gasteiger partial charge in [-0.15, -0.1) is 0 Å². The molecule has 170 valence electrons. The second-order valence-electron chi connectivity index (χ2n) is 7.16. The molecule has 8 heteroatoms. The maximum atomic E-state index is 12.4. The SMILES string of the molecule is CCOC(=O)[C@H](Cc1ccc(OCc2ccccc2)cc1)NC(=O)[C@H]1O[C@@H]1C(=O)OCC. The van der Waals surface area contributed by atoms with Gasteiger partial charge in [0.25, 0.3) is 5.91 Å². The van der Waals surface area contributed by atoms with Gasteiger partial charge in [0.2, 0.25) is 0 Å². The van der Waals surface area contributed by atoms with Crippen LogP contribution in [0.25, 0.3) is 0 Å². The molecule has 1 heterocycles. The molecular weight excluding hydrogens is 414 g/mol. The van der Waals surface area contributed by atoms with Gasteiger partial charge in [-0.25, -0.2) is 9.59 Å². The van der Waals surface area contributed by atoms with E-state index in [0.717, 1.165) is 11.1 Å². The molecule has 0 unspecified atom stereocenters. The van der Waals surface area contributed by atoms with Crippen LogP contribution in [-0.2, 0) is 41.6 Å². The summed E-state index contributed by atoms with van der Waals surface area (Å²) in [6, 6.07) is 16.2. The highest BCUT2D eigenvalue weighted by Gasteiger charge is 2.52. The Labute approximate surface area is 186 Å². The maximum Gasteiger partial charge on any atom is 0.338 e. The van der Waals surface area contributed by atoms with E-state index in [-0.39, 0.29) is 19.6 Å². The van der Waals surface area contributed by atoms with E-state index in [2.05, 4.69) is 5.32 Å². The molecule has 0 saturated carbocycles. The molecule has 0 aromatic heterocycles. The highest BCUT2D eigenvalue weighted by molar-refractivity contribution is 5.94. The monoisotopic (exact) mass is 441 g/mol. The van der Waals surface area contributed by atoms with Gasteiger partial charge >= 0.3 is 11.9 Å². The third kappa shape index (κ3) is 6.55. The summed E-state index contributed by atoms with van der Waals surface area (Å²) in [7, 11) is 0. The van der Waals surface area contributed by atoms with Crippen molar-refractivity contribution in [2.45, 2.75) is 45.1 Å². The fourth-order valence-corrected chi connectivity index (χ4v) is 3.10. The number of epoxide rings is 1. The van der Waals surface area contributed by atoms with E-state index in [1.54, 1.807) is 13.8 Å². The molecule has 2 aromatic rings. The van der Waals surface area contributed by atoms with Crippen LogP contribution in [0.5, 0.6) is 5.75 Å². The molecule has 8 nitrogen and oxygen atoms in total. The van der Waals surface area contributed by atoms with Crippen LogP contribution in [0.4, 0.5) is 0 Å². The van der Waals surface area contributed by atoms with Crippen molar-refractivity contribution in [3.05, 3.63) is 65.7 Å². The van der Waals surface area contributed by atoms with Crippen LogP contribution in [0.15, 0.2) is 54.6 Å². The minimum Gasteiger partial charge on any atom is -0.489 e. The van der Waals surface area contributed by atoms with Crippen molar-refractivity contribution in [1.29, 1.82) is 0 Å². The van der Waals surface area contributed by atoms with Crippen molar-refractivity contribution >= 4 is 17.8 Å². The number of amides is 1. The Kier molecular flexibility index (Phi) is 8.21. The van der Waals surface area contributed by atoms with Crippen LogP contribution >= 0.6 is 0 Å². The Morgan fingerprint density at radius 1 is 0.906 bits per heavy atom. The largest absolute Gasteiger partial charge is 0.489 e. The Morgan fingerprint density at radius 2 is 1.59 bits per heavy atom. The van der Waals surface area contributed by atoms with Crippen molar-refractivity contribution in [1.82, 2.24) is 5.32 Å². The molecule has 3 rings (SSSR count). The van der Waals surface area contributed by atoms with E-state index >= 15 is 0 Å². The van der Waals surface area contributed by atoms with Gasteiger partial charge in [0.15, 0.2) is 12.2 Å². The normalized spacial score (nSPS) is 17.7. The zero-order valence-electron chi connectivity index (χ0n) is 18.1. The number of hydrogen-bond acceptors (Lipinski definition) is 7. The Balaban J connectivity index is 1.57. The third-order valence-corrected chi connectivity index (χ3v) is 4.77. The predicted molar refractivity (Wildman–Crippen MR) is 115 cm³/mol. The van der Waals surface area contributed by atoms with Crippen molar-refractivity contribution in [2.24, 2.45) is 0 Å². The molecule has 1 aliphatic heterocycles. The van der Waals surface area contributed by atoms with E-state index in [1.165, 1.54) is 0 Å². The Bertz CT molecular complexity index is 914. The summed E-state index contributed by atoms with van der Waals surface area (Å²) >= 11 is 0. The number of benzene rings is 2. The van der Waals surface area contributed by atoms with Crippen LogP contribution in [0.3, 0.4) is 0 Å². The molecule has 2 aromatic carbocycles. The number of esters is 2. The Hall–Kier alpha value is -3.39. The standard InChI is InChI=1S/C24H27NO7/c1-3-29-23(27)19(25-22(26)20-21(32-20)24(28)30-4-2)14-16-10-12-18(13-11-16)31-15-17-8-6-5-7-9-17/h5-13,19-21H,3-4,14-15H2,1-2H3,(H,25,26)/t19-,20-,21-/m0/s1. The van der Waals surface area contributed by atoms with Crippen molar-refractivity contribution in [3.8, 4) is 5.75 Å². The van der Waals surface area contributed by atoms with Gasteiger partial charge in [-0.1, -0.05) is 42.5 Å². The number of nitrogens with one attached hydrogen (secondary N) is 1. The maximum absolute atomic E-state index is 12.4. The highest BCUT2D eigenvalue weighted by atomic mass is 16.6. The summed E-state index contributed by atoms with van der Waals surface area (Å²) in [5, 5.41) is 2.62. The van der Waals surface area contributed by atoms with Gasteiger partial charge < -0.3 is 24.3 Å². The third-order valence-electron chi connectivity index (χ3n) is 4.77. The van der Waals surface area contributed by atoms with Crippen LogP contribution in [-0.4, -0.2) is 49.3 Å². The molecular formula is C24H27NO7. The predicted octanol–water partition coefficient (Wildman–Crippen LogP) is 2.19. The van der Waals surface area contributed by atoms with Crippen molar-refractivity contribution < 1.29 is 33.3 Å². The summed E-state index contributed by atoms with van der Waals surface area (Å²) in [5.74, 6) is -1.01. The van der Waals surface area contributed by atoms with Gasteiger partial charge in [0.05, 0.1) is 13.2 Å². The van der Waals surface area contributed by atoms with Crippen LogP contribution in [0.1, 0.15) is 25.0 Å². The summed E-state index contributed by atoms with van der Waals surface area (Å²) < 4.78 is 20.8. The molecule has 3 atom stereocenters. The lowest BCUT2D eigenvalue weighted by atomic mass is 10.1. The lowest BCUT2D eigenvalue weighted by molar-refractivity contribution is -0.147. The number of hydrogen-bond donors (Lipinski definition) is 1. The summed E-state index contributed by atoms with van der Waals surface area (Å²) in [6.45, 7) is 4.19. The second kappa shape index (κ2) is 11.3. The fourth-order valence-electron chi connectivity index (χ4n) is 3.10. The van der Waals surface area contributed by atoms with Gasteiger partial charge in [-0.3, -0.25) is 4.79 Å². The smallest absolute Gasteiger partial charge is 0.338 e. The quantitative estimate of drug-likeness (QED) is 0.421. The molecule has 1 aliphatic rings. The topological polar surface area (TPSA) is 103 Å². The summed E-state index contributed by atoms with van der Waals surface area (Å²) in [6.07, 6.45) is -1.67. The molecule has 0 radical (unpaired) electrons. The summed E-state index contributed by atoms with van der Waals surface area (Å²) in [4.78, 5) is 36.5. The Morgan fingerprint density at radius 3 is 2.25 bits per heavy atom. The van der Waals surface area contributed by atoms with Crippen LogP contribution < -0.4 is 10.1 Å². The minimum absolute atomic E-state index is 0.183. The second-order valence-corrected chi connectivity index (χ2v) is 7.16. The lowest BCUT2D eigenvalue weighted by Crippen LogP contribution is -2.45. The first-order chi connectivity index (χ1) is 15.5. The molecule has 0 spiro atoms. The van der Waals surface area contributed by atoms with E-state index in [0.29, 0.717) is 12.4 Å². The molecule has 32 heavy (non-hydrogen) atoms. The van der Waals surface area contributed by atoms with E-state index in [4.69, 9.17) is 18.9 Å². The minimum atomic E-state index is -0.959. The first-order valence-corrected chi connectivity index (χ1v) is 10.6. The average molecular weight is 441 g/mol. The van der Waals surface area contributed by atoms with Gasteiger partial charge in [-0.2, -0.15) is 0 Å². The molecule has 1 saturated heterocycles. The molecule has 1 N–H and O–H groups in total. The highest BCUT2D eigenvalue weighted by Crippen LogP contribution is 2.24. The molecule has 1 amide bonds. The first-order valence-electron chi connectivity index (χ1n) is 10.6. The number of carbonyl (C=O) groups excluding carboxylic acids is 3. The molecule has 0 aliphatic carbocycles. The zero-order chi connectivity index (χ0) is 22.9. The number of rotatable bonds is 11. The van der Waals surface area contributed by atoms with Gasteiger partial charge in [0.1, 0.15) is 18.4 Å². The average Bonchev–Trinajstić information content (AvgIpc) is 3.60. The van der Waals surface area contributed by atoms with Gasteiger partial charge in [0, 0.05) is 6.42 Å². The number of ether oxygens (including phenoxy) is 4. The van der Waals surface area contributed by atoms with Gasteiger partial charge in [-0.05, 0) is 37.1 Å². The van der Waals surface area contributed by atoms with E-state index in [1.807, 2.05) is 54.6 Å². The van der Waals surface area contributed by atoms with E-state index < -0.39 is 36.1 Å². The lowest BCUT2D eigenvalue weighted by Gasteiger charge is -2.17. The van der Waals surface area contributed by atoms with Crippen LogP contribution in [0.2, 0.25) is 0 Å². The summed E-state index contributed by atoms with van der Waals surface area (Å²) in [5.41, 5.74) is 1.87. The first kappa shape index (κ1) is 23.3. The molecule has 1 fully saturated rings. The fraction of sp³-hybridized carbons (Fsp3) is 0.375. The number of carbonyl (C=O) groups is 3. The molecule has 0 bridgehead atoms. The van der Waals surface area contributed by atoms with Crippen molar-refractivity contribution in [3.63, 3.8) is 0 Å². The van der Waals surface area contributed by atoms with Crippen LogP contribution in [0, 0.1) is 0 Å².